The molecule has 3 aromatic rings. The van der Waals surface area contributed by atoms with Crippen LogP contribution in [0.4, 0.5) is 0 Å². The Bertz CT molecular complexity index is 928. The largest absolute Gasteiger partial charge is 0.481 e. The molecule has 0 aliphatic rings. The van der Waals surface area contributed by atoms with Crippen molar-refractivity contribution in [3.63, 3.8) is 0 Å². The fraction of sp³-hybridized carbons (Fsp3) is 0.105. The summed E-state index contributed by atoms with van der Waals surface area (Å²) < 4.78 is 5.37. The van der Waals surface area contributed by atoms with E-state index in [1.54, 1.807) is 25.6 Å². The molecule has 0 unspecified atom stereocenters. The van der Waals surface area contributed by atoms with Crippen LogP contribution >= 0.6 is 11.6 Å². The summed E-state index contributed by atoms with van der Waals surface area (Å²) in [4.78, 5) is 19.6. The highest BCUT2D eigenvalue weighted by Crippen LogP contribution is 2.31. The highest BCUT2D eigenvalue weighted by Gasteiger charge is 2.10. The van der Waals surface area contributed by atoms with Gasteiger partial charge in [0.25, 0.3) is 5.91 Å². The van der Waals surface area contributed by atoms with Crippen molar-refractivity contribution >= 4 is 17.5 Å². The first-order valence-corrected chi connectivity index (χ1v) is 7.98. The smallest absolute Gasteiger partial charge is 0.267 e. The van der Waals surface area contributed by atoms with Crippen LogP contribution in [0.2, 0.25) is 5.02 Å². The summed E-state index contributed by atoms with van der Waals surface area (Å²) in [6.07, 6.45) is 3.91. The third-order valence-electron chi connectivity index (χ3n) is 3.72. The van der Waals surface area contributed by atoms with E-state index < -0.39 is 5.91 Å². The van der Waals surface area contributed by atoms with Crippen LogP contribution in [-0.4, -0.2) is 23.0 Å². The van der Waals surface area contributed by atoms with Gasteiger partial charge < -0.3 is 10.5 Å². The maximum absolute atomic E-state index is 11.3. The van der Waals surface area contributed by atoms with Gasteiger partial charge in [0.05, 0.1) is 7.11 Å². The number of amides is 1. The van der Waals surface area contributed by atoms with E-state index in [0.717, 1.165) is 22.3 Å². The molecular formula is C19H16ClN3O2. The standard InChI is InChI=1S/C19H16ClN3O2/c1-25-19-16(14-3-2-4-15(20)10-14)8-13(11-23-19)7-12-5-6-22-17(9-12)18(21)24/h2-6,8-11H,7H2,1H3,(H2,21,24). The highest BCUT2D eigenvalue weighted by molar-refractivity contribution is 6.30. The summed E-state index contributed by atoms with van der Waals surface area (Å²) in [5.74, 6) is -0.0205. The Labute approximate surface area is 150 Å². The highest BCUT2D eigenvalue weighted by atomic mass is 35.5. The van der Waals surface area contributed by atoms with E-state index in [1.807, 2.05) is 36.4 Å². The van der Waals surface area contributed by atoms with Crippen molar-refractivity contribution in [2.75, 3.05) is 7.11 Å². The molecule has 5 nitrogen and oxygen atoms in total. The number of hydrogen-bond acceptors (Lipinski definition) is 4. The molecule has 0 aliphatic heterocycles. The summed E-state index contributed by atoms with van der Waals surface area (Å²) in [5, 5.41) is 0.644. The molecule has 25 heavy (non-hydrogen) atoms. The number of nitrogens with zero attached hydrogens (tertiary/aromatic N) is 2. The molecular weight excluding hydrogens is 338 g/mol. The fourth-order valence-corrected chi connectivity index (χ4v) is 2.76. The molecule has 0 saturated heterocycles. The molecule has 0 saturated carbocycles. The van der Waals surface area contributed by atoms with Gasteiger partial charge in [-0.3, -0.25) is 9.78 Å². The molecule has 0 aliphatic carbocycles. The Kier molecular flexibility index (Phi) is 4.95. The van der Waals surface area contributed by atoms with Crippen LogP contribution in [0.5, 0.6) is 5.88 Å². The summed E-state index contributed by atoms with van der Waals surface area (Å²) >= 11 is 6.09. The Morgan fingerprint density at radius 2 is 2.00 bits per heavy atom. The first kappa shape index (κ1) is 16.9. The van der Waals surface area contributed by atoms with E-state index in [9.17, 15) is 4.79 Å². The first-order chi connectivity index (χ1) is 12.1. The van der Waals surface area contributed by atoms with Gasteiger partial charge in [-0.15, -0.1) is 0 Å². The van der Waals surface area contributed by atoms with Crippen LogP contribution in [0.15, 0.2) is 54.9 Å². The molecule has 0 atom stereocenters. The number of halogens is 1. The lowest BCUT2D eigenvalue weighted by Crippen LogP contribution is -2.13. The Hall–Kier alpha value is -2.92. The molecule has 0 radical (unpaired) electrons. The maximum Gasteiger partial charge on any atom is 0.267 e. The molecule has 1 aromatic carbocycles. The zero-order chi connectivity index (χ0) is 17.8. The molecule has 2 N–H and O–H groups in total. The molecule has 2 heterocycles. The minimum absolute atomic E-state index is 0.244. The van der Waals surface area contributed by atoms with Gasteiger partial charge >= 0.3 is 0 Å². The maximum atomic E-state index is 11.3. The Balaban J connectivity index is 1.97. The quantitative estimate of drug-likeness (QED) is 0.761. The SMILES string of the molecule is COc1ncc(Cc2ccnc(C(N)=O)c2)cc1-c1cccc(Cl)c1. The van der Waals surface area contributed by atoms with Crippen LogP contribution in [0.1, 0.15) is 21.6 Å². The molecule has 3 rings (SSSR count). The van der Waals surface area contributed by atoms with Crippen molar-refractivity contribution < 1.29 is 9.53 Å². The van der Waals surface area contributed by atoms with Gasteiger partial charge in [-0.05, 0) is 53.4 Å². The topological polar surface area (TPSA) is 78.1 Å². The van der Waals surface area contributed by atoms with E-state index in [-0.39, 0.29) is 5.69 Å². The van der Waals surface area contributed by atoms with Crippen molar-refractivity contribution in [2.24, 2.45) is 5.73 Å². The number of carbonyl (C=O) groups excluding carboxylic acids is 1. The molecule has 126 valence electrons. The summed E-state index contributed by atoms with van der Waals surface area (Å²) in [6.45, 7) is 0. The van der Waals surface area contributed by atoms with Crippen molar-refractivity contribution in [1.29, 1.82) is 0 Å². The number of ether oxygens (including phenoxy) is 1. The number of hydrogen-bond donors (Lipinski definition) is 1. The van der Waals surface area contributed by atoms with Crippen molar-refractivity contribution in [3.8, 4) is 17.0 Å². The number of pyridine rings is 2. The number of methoxy groups -OCH3 is 1. The van der Waals surface area contributed by atoms with E-state index in [0.29, 0.717) is 17.3 Å². The summed E-state index contributed by atoms with van der Waals surface area (Å²) in [6, 6.07) is 13.0. The normalized spacial score (nSPS) is 10.5. The third kappa shape index (κ3) is 3.95. The molecule has 6 heteroatoms. The lowest BCUT2D eigenvalue weighted by Gasteiger charge is -2.11. The monoisotopic (exact) mass is 353 g/mol. The van der Waals surface area contributed by atoms with Crippen molar-refractivity contribution in [3.05, 3.63) is 76.7 Å². The Morgan fingerprint density at radius 3 is 2.72 bits per heavy atom. The molecule has 0 spiro atoms. The van der Waals surface area contributed by atoms with Crippen LogP contribution in [0.3, 0.4) is 0 Å². The van der Waals surface area contributed by atoms with Crippen LogP contribution in [0.25, 0.3) is 11.1 Å². The van der Waals surface area contributed by atoms with Gasteiger partial charge in [0, 0.05) is 23.0 Å². The van der Waals surface area contributed by atoms with Gasteiger partial charge in [0.2, 0.25) is 5.88 Å². The number of carbonyl (C=O) groups is 1. The number of benzene rings is 1. The van der Waals surface area contributed by atoms with Gasteiger partial charge in [0.15, 0.2) is 0 Å². The molecule has 2 aromatic heterocycles. The molecule has 0 fully saturated rings. The number of aromatic nitrogens is 2. The Morgan fingerprint density at radius 1 is 1.16 bits per heavy atom. The zero-order valence-corrected chi connectivity index (χ0v) is 14.3. The molecule has 0 bridgehead atoms. The number of rotatable bonds is 5. The van der Waals surface area contributed by atoms with Crippen molar-refractivity contribution in [1.82, 2.24) is 9.97 Å². The second kappa shape index (κ2) is 7.32. The minimum Gasteiger partial charge on any atom is -0.481 e. The zero-order valence-electron chi connectivity index (χ0n) is 13.6. The van der Waals surface area contributed by atoms with Crippen LogP contribution in [-0.2, 0) is 6.42 Å². The van der Waals surface area contributed by atoms with E-state index in [1.165, 1.54) is 0 Å². The average molecular weight is 354 g/mol. The summed E-state index contributed by atoms with van der Waals surface area (Å²) in [7, 11) is 1.58. The van der Waals surface area contributed by atoms with Crippen molar-refractivity contribution in [2.45, 2.75) is 6.42 Å². The van der Waals surface area contributed by atoms with Gasteiger partial charge in [-0.2, -0.15) is 0 Å². The van der Waals surface area contributed by atoms with Crippen LogP contribution in [0, 0.1) is 0 Å². The van der Waals surface area contributed by atoms with Crippen LogP contribution < -0.4 is 10.5 Å². The van der Waals surface area contributed by atoms with E-state index in [4.69, 9.17) is 22.1 Å². The van der Waals surface area contributed by atoms with Gasteiger partial charge in [-0.25, -0.2) is 4.98 Å². The first-order valence-electron chi connectivity index (χ1n) is 7.60. The second-order valence-corrected chi connectivity index (χ2v) is 5.94. The lowest BCUT2D eigenvalue weighted by atomic mass is 10.0. The average Bonchev–Trinajstić information content (AvgIpc) is 2.62. The minimum atomic E-state index is -0.547. The van der Waals surface area contributed by atoms with Gasteiger partial charge in [-0.1, -0.05) is 23.7 Å². The number of primary amides is 1. The predicted octanol–water partition coefficient (Wildman–Crippen LogP) is 3.50. The third-order valence-corrected chi connectivity index (χ3v) is 3.96. The summed E-state index contributed by atoms with van der Waals surface area (Å²) in [5.41, 5.74) is 9.20. The lowest BCUT2D eigenvalue weighted by molar-refractivity contribution is 0.0995. The fourth-order valence-electron chi connectivity index (χ4n) is 2.57. The predicted molar refractivity (Wildman–Crippen MR) is 96.8 cm³/mol. The van der Waals surface area contributed by atoms with E-state index in [2.05, 4.69) is 9.97 Å². The second-order valence-electron chi connectivity index (χ2n) is 5.50. The van der Waals surface area contributed by atoms with Gasteiger partial charge in [0.1, 0.15) is 5.69 Å². The van der Waals surface area contributed by atoms with E-state index >= 15 is 0 Å². The molecule has 1 amide bonds. The number of nitrogens with two attached hydrogens (primary N) is 1.